The molecular formula is C22H18N2O3S. The van der Waals surface area contributed by atoms with Crippen LogP contribution in [0.25, 0.3) is 10.4 Å². The topological polar surface area (TPSA) is 83.2 Å². The number of carbonyl (C=O) groups is 1. The lowest BCUT2D eigenvalue weighted by molar-refractivity contribution is -0.145. The van der Waals surface area contributed by atoms with Crippen LogP contribution in [0.15, 0.2) is 47.8 Å². The summed E-state index contributed by atoms with van der Waals surface area (Å²) in [6.45, 7) is 0. The summed E-state index contributed by atoms with van der Waals surface area (Å²) in [4.78, 5) is 17.5. The van der Waals surface area contributed by atoms with Gasteiger partial charge in [-0.1, -0.05) is 36.4 Å². The maximum absolute atomic E-state index is 11.9. The Morgan fingerprint density at radius 1 is 1.18 bits per heavy atom. The van der Waals surface area contributed by atoms with Crippen molar-refractivity contribution < 1.29 is 14.6 Å². The fourth-order valence-corrected chi connectivity index (χ4v) is 4.40. The number of aliphatic carboxylic acids is 1. The minimum absolute atomic E-state index is 0.0998. The zero-order chi connectivity index (χ0) is 19.5. The first-order valence-corrected chi connectivity index (χ1v) is 10.0. The molecule has 0 saturated carbocycles. The maximum Gasteiger partial charge on any atom is 0.349 e. The number of ether oxygens (including phenoxy) is 1. The van der Waals surface area contributed by atoms with Gasteiger partial charge in [0.1, 0.15) is 11.6 Å². The number of hydrogen-bond donors (Lipinski definition) is 1. The Balaban J connectivity index is 1.86. The summed E-state index contributed by atoms with van der Waals surface area (Å²) in [6.07, 6.45) is 2.53. The van der Waals surface area contributed by atoms with E-state index in [1.165, 1.54) is 0 Å². The Morgan fingerprint density at radius 3 is 2.64 bits per heavy atom. The molecule has 1 atom stereocenters. The van der Waals surface area contributed by atoms with Crippen molar-refractivity contribution in [3.8, 4) is 22.4 Å². The van der Waals surface area contributed by atoms with E-state index in [1.807, 2.05) is 23.6 Å². The van der Waals surface area contributed by atoms with Gasteiger partial charge in [0, 0.05) is 21.7 Å². The van der Waals surface area contributed by atoms with E-state index in [9.17, 15) is 15.2 Å². The second-order valence-electron chi connectivity index (χ2n) is 6.64. The SMILES string of the molecule is N#Cc1c(OC(C(=O)O)c2ccccc2)nc2c(c1-c1cccs1)CCCC2. The van der Waals surface area contributed by atoms with Crippen LogP contribution in [0.3, 0.4) is 0 Å². The van der Waals surface area contributed by atoms with Crippen LogP contribution in [0.5, 0.6) is 5.88 Å². The number of carboxylic acid groups (broad SMARTS) is 1. The highest BCUT2D eigenvalue weighted by Crippen LogP contribution is 2.40. The smallest absolute Gasteiger partial charge is 0.349 e. The van der Waals surface area contributed by atoms with Gasteiger partial charge < -0.3 is 9.84 Å². The predicted octanol–water partition coefficient (Wildman–Crippen LogP) is 4.77. The van der Waals surface area contributed by atoms with Crippen molar-refractivity contribution in [1.82, 2.24) is 4.98 Å². The van der Waals surface area contributed by atoms with Crippen molar-refractivity contribution in [2.24, 2.45) is 0 Å². The number of nitrogens with zero attached hydrogens (tertiary/aromatic N) is 2. The lowest BCUT2D eigenvalue weighted by Gasteiger charge is -2.23. The van der Waals surface area contributed by atoms with Crippen LogP contribution >= 0.6 is 11.3 Å². The summed E-state index contributed by atoms with van der Waals surface area (Å²) in [6, 6.07) is 14.9. The van der Waals surface area contributed by atoms with Gasteiger partial charge in [-0.25, -0.2) is 9.78 Å². The molecule has 4 rings (SSSR count). The van der Waals surface area contributed by atoms with Gasteiger partial charge in [0.2, 0.25) is 12.0 Å². The molecular weight excluding hydrogens is 372 g/mol. The van der Waals surface area contributed by atoms with Crippen LogP contribution in [-0.2, 0) is 17.6 Å². The normalized spacial score (nSPS) is 14.0. The third-order valence-corrected chi connectivity index (χ3v) is 5.76. The van der Waals surface area contributed by atoms with Crippen LogP contribution < -0.4 is 4.74 Å². The average Bonchev–Trinajstić information content (AvgIpc) is 3.25. The van der Waals surface area contributed by atoms with Gasteiger partial charge in [0.05, 0.1) is 0 Å². The number of thiophene rings is 1. The molecule has 6 heteroatoms. The van der Waals surface area contributed by atoms with E-state index in [4.69, 9.17) is 4.74 Å². The van der Waals surface area contributed by atoms with E-state index in [0.717, 1.165) is 47.4 Å². The number of carboxylic acids is 1. The Kier molecular flexibility index (Phi) is 5.09. The van der Waals surface area contributed by atoms with E-state index < -0.39 is 12.1 Å². The summed E-state index contributed by atoms with van der Waals surface area (Å²) in [5, 5.41) is 21.6. The zero-order valence-electron chi connectivity index (χ0n) is 15.1. The molecule has 2 heterocycles. The molecule has 0 bridgehead atoms. The molecule has 5 nitrogen and oxygen atoms in total. The summed E-state index contributed by atoms with van der Waals surface area (Å²) in [5.41, 5.74) is 3.65. The van der Waals surface area contributed by atoms with Crippen molar-refractivity contribution in [2.75, 3.05) is 0 Å². The molecule has 1 unspecified atom stereocenters. The van der Waals surface area contributed by atoms with E-state index in [2.05, 4.69) is 11.1 Å². The Morgan fingerprint density at radius 2 is 1.96 bits per heavy atom. The summed E-state index contributed by atoms with van der Waals surface area (Å²) in [5.74, 6) is -1.02. The second kappa shape index (κ2) is 7.83. The Bertz CT molecular complexity index is 1040. The molecule has 2 aromatic heterocycles. The number of benzene rings is 1. The van der Waals surface area contributed by atoms with Crippen molar-refractivity contribution in [3.63, 3.8) is 0 Å². The minimum Gasteiger partial charge on any atom is -0.478 e. The molecule has 0 radical (unpaired) electrons. The Hall–Kier alpha value is -3.17. The van der Waals surface area contributed by atoms with Gasteiger partial charge in [0.15, 0.2) is 0 Å². The number of hydrogen-bond acceptors (Lipinski definition) is 5. The number of fused-ring (bicyclic) bond motifs is 1. The molecule has 1 aromatic carbocycles. The standard InChI is InChI=1S/C22H18N2O3S/c23-13-16-19(18-11-6-12-28-18)15-9-4-5-10-17(15)24-21(16)27-20(22(25)26)14-7-2-1-3-8-14/h1-3,6-8,11-12,20H,4-5,9-10H2,(H,25,26). The summed E-state index contributed by atoms with van der Waals surface area (Å²) in [7, 11) is 0. The van der Waals surface area contributed by atoms with Crippen molar-refractivity contribution in [1.29, 1.82) is 5.26 Å². The van der Waals surface area contributed by atoms with E-state index >= 15 is 0 Å². The first kappa shape index (κ1) is 18.2. The molecule has 1 N–H and O–H groups in total. The molecule has 0 aliphatic heterocycles. The second-order valence-corrected chi connectivity index (χ2v) is 7.58. The minimum atomic E-state index is -1.22. The molecule has 1 aliphatic rings. The van der Waals surface area contributed by atoms with Gasteiger partial charge in [-0.05, 0) is 42.7 Å². The third-order valence-electron chi connectivity index (χ3n) is 4.88. The number of aryl methyl sites for hydroxylation is 1. The molecule has 0 fully saturated rings. The van der Waals surface area contributed by atoms with Crippen LogP contribution in [0.1, 0.15) is 41.3 Å². The van der Waals surface area contributed by atoms with E-state index in [-0.39, 0.29) is 5.88 Å². The maximum atomic E-state index is 11.9. The highest BCUT2D eigenvalue weighted by molar-refractivity contribution is 7.13. The fourth-order valence-electron chi connectivity index (χ4n) is 3.60. The van der Waals surface area contributed by atoms with Gasteiger partial charge in [-0.3, -0.25) is 0 Å². The highest BCUT2D eigenvalue weighted by atomic mass is 32.1. The van der Waals surface area contributed by atoms with Crippen LogP contribution in [0.2, 0.25) is 0 Å². The molecule has 0 saturated heterocycles. The van der Waals surface area contributed by atoms with Gasteiger partial charge in [0.25, 0.3) is 0 Å². The molecule has 3 aromatic rings. The number of nitriles is 1. The third kappa shape index (κ3) is 3.37. The highest BCUT2D eigenvalue weighted by Gasteiger charge is 2.28. The molecule has 140 valence electrons. The lowest BCUT2D eigenvalue weighted by Crippen LogP contribution is -2.20. The molecule has 0 spiro atoms. The predicted molar refractivity (Wildman–Crippen MR) is 106 cm³/mol. The lowest BCUT2D eigenvalue weighted by atomic mass is 9.89. The van der Waals surface area contributed by atoms with E-state index in [0.29, 0.717) is 11.1 Å². The first-order chi connectivity index (χ1) is 13.7. The van der Waals surface area contributed by atoms with Crippen LogP contribution in [0, 0.1) is 11.3 Å². The van der Waals surface area contributed by atoms with Gasteiger partial charge in [-0.2, -0.15) is 5.26 Å². The fraction of sp³-hybridized carbons (Fsp3) is 0.227. The number of pyridine rings is 1. The van der Waals surface area contributed by atoms with Crippen molar-refractivity contribution in [3.05, 3.63) is 70.2 Å². The quantitative estimate of drug-likeness (QED) is 0.679. The number of rotatable bonds is 5. The molecule has 0 amide bonds. The van der Waals surface area contributed by atoms with Crippen molar-refractivity contribution >= 4 is 17.3 Å². The average molecular weight is 390 g/mol. The van der Waals surface area contributed by atoms with E-state index in [1.54, 1.807) is 35.6 Å². The number of aromatic nitrogens is 1. The summed E-state index contributed by atoms with van der Waals surface area (Å²) < 4.78 is 5.86. The first-order valence-electron chi connectivity index (χ1n) is 9.13. The van der Waals surface area contributed by atoms with Gasteiger partial charge >= 0.3 is 5.97 Å². The summed E-state index contributed by atoms with van der Waals surface area (Å²) >= 11 is 1.56. The van der Waals surface area contributed by atoms with Crippen molar-refractivity contribution in [2.45, 2.75) is 31.8 Å². The monoisotopic (exact) mass is 390 g/mol. The van der Waals surface area contributed by atoms with Crippen LogP contribution in [-0.4, -0.2) is 16.1 Å². The molecule has 28 heavy (non-hydrogen) atoms. The Labute approximate surface area is 166 Å². The van der Waals surface area contributed by atoms with Crippen LogP contribution in [0.4, 0.5) is 0 Å². The van der Waals surface area contributed by atoms with Gasteiger partial charge in [-0.15, -0.1) is 11.3 Å². The zero-order valence-corrected chi connectivity index (χ0v) is 15.9. The molecule has 1 aliphatic carbocycles. The largest absolute Gasteiger partial charge is 0.478 e.